The standard InChI is InChI=1S/C28H37N3O3S/c1-16(2)25(24(32)12-18(4)29)26(33)20-7-6-8-22(13-20)28(34)30-14-23-10-9-21(11-17(23)3)27-19(5)31-15-35-27/h9-12,15-16,20,22,25H,6-8,13-14,29H2,1-5H3,(H,30,34)/t20?,22?,25-/m1/s1. The van der Waals surface area contributed by atoms with Crippen molar-refractivity contribution in [1.29, 1.82) is 0 Å². The summed E-state index contributed by atoms with van der Waals surface area (Å²) < 4.78 is 0. The van der Waals surface area contributed by atoms with Crippen LogP contribution in [-0.4, -0.2) is 22.5 Å². The number of nitrogens with one attached hydrogen (secondary N) is 1. The Bertz CT molecular complexity index is 1110. The molecule has 3 N–H and O–H groups in total. The van der Waals surface area contributed by atoms with Crippen LogP contribution < -0.4 is 11.1 Å². The first-order valence-electron chi connectivity index (χ1n) is 12.4. The summed E-state index contributed by atoms with van der Waals surface area (Å²) >= 11 is 1.63. The third-order valence-electron chi connectivity index (χ3n) is 6.90. The molecule has 0 spiro atoms. The molecule has 1 saturated carbocycles. The Morgan fingerprint density at radius 2 is 1.91 bits per heavy atom. The molecule has 2 aromatic rings. The van der Waals surface area contributed by atoms with Crippen LogP contribution in [0.15, 0.2) is 35.5 Å². The smallest absolute Gasteiger partial charge is 0.223 e. The highest BCUT2D eigenvalue weighted by Crippen LogP contribution is 2.34. The molecule has 1 heterocycles. The summed E-state index contributed by atoms with van der Waals surface area (Å²) in [6, 6.07) is 6.27. The molecule has 1 aliphatic carbocycles. The second kappa shape index (κ2) is 11.8. The number of ketones is 2. The molecule has 0 saturated heterocycles. The number of Topliss-reactive ketones (excluding diaryl/α,β-unsaturated/α-hetero) is 1. The second-order valence-corrected chi connectivity index (χ2v) is 11.0. The average molecular weight is 496 g/mol. The van der Waals surface area contributed by atoms with Crippen LogP contribution >= 0.6 is 11.3 Å². The van der Waals surface area contributed by atoms with Crippen molar-refractivity contribution in [3.8, 4) is 10.4 Å². The fourth-order valence-electron chi connectivity index (χ4n) is 4.99. The Kier molecular flexibility index (Phi) is 9.00. The molecule has 35 heavy (non-hydrogen) atoms. The maximum absolute atomic E-state index is 13.3. The van der Waals surface area contributed by atoms with Crippen molar-refractivity contribution in [2.45, 2.75) is 66.8 Å². The molecule has 0 aliphatic heterocycles. The molecule has 1 fully saturated rings. The van der Waals surface area contributed by atoms with E-state index in [1.165, 1.54) is 6.08 Å². The van der Waals surface area contributed by atoms with E-state index < -0.39 is 5.92 Å². The van der Waals surface area contributed by atoms with Crippen molar-refractivity contribution < 1.29 is 14.4 Å². The zero-order valence-corrected chi connectivity index (χ0v) is 22.2. The summed E-state index contributed by atoms with van der Waals surface area (Å²) in [7, 11) is 0. The molecular weight excluding hydrogens is 458 g/mol. The zero-order valence-electron chi connectivity index (χ0n) is 21.4. The van der Waals surface area contributed by atoms with E-state index in [0.29, 0.717) is 18.7 Å². The van der Waals surface area contributed by atoms with Gasteiger partial charge in [0, 0.05) is 30.2 Å². The third-order valence-corrected chi connectivity index (χ3v) is 7.88. The third kappa shape index (κ3) is 6.66. The fraction of sp³-hybridized carbons (Fsp3) is 0.500. The topological polar surface area (TPSA) is 102 Å². The first-order valence-corrected chi connectivity index (χ1v) is 13.3. The summed E-state index contributed by atoms with van der Waals surface area (Å²) in [6.45, 7) is 9.93. The van der Waals surface area contributed by atoms with E-state index in [9.17, 15) is 14.4 Å². The molecule has 0 radical (unpaired) electrons. The normalized spacial score (nSPS) is 19.4. The number of hydrogen-bond donors (Lipinski definition) is 2. The number of nitrogens with zero attached hydrogens (tertiary/aromatic N) is 1. The Balaban J connectivity index is 1.62. The van der Waals surface area contributed by atoms with Gasteiger partial charge < -0.3 is 11.1 Å². The van der Waals surface area contributed by atoms with E-state index in [1.807, 2.05) is 26.3 Å². The number of carbonyl (C=O) groups is 3. The van der Waals surface area contributed by atoms with Crippen LogP contribution in [0.2, 0.25) is 0 Å². The number of hydrogen-bond acceptors (Lipinski definition) is 6. The van der Waals surface area contributed by atoms with Gasteiger partial charge in [-0.25, -0.2) is 4.98 Å². The van der Waals surface area contributed by atoms with Gasteiger partial charge in [0.1, 0.15) is 5.78 Å². The molecule has 1 amide bonds. The van der Waals surface area contributed by atoms with Crippen molar-refractivity contribution in [2.24, 2.45) is 29.4 Å². The summed E-state index contributed by atoms with van der Waals surface area (Å²) in [5.74, 6) is -1.61. The Morgan fingerprint density at radius 1 is 1.20 bits per heavy atom. The lowest BCUT2D eigenvalue weighted by molar-refractivity contribution is -0.136. The molecular formula is C28H37N3O3S. The number of rotatable bonds is 9. The van der Waals surface area contributed by atoms with Crippen LogP contribution in [0.25, 0.3) is 10.4 Å². The number of thiazole rings is 1. The van der Waals surface area contributed by atoms with Gasteiger partial charge in [0.2, 0.25) is 5.91 Å². The van der Waals surface area contributed by atoms with E-state index in [-0.39, 0.29) is 35.2 Å². The molecule has 1 aromatic heterocycles. The maximum Gasteiger partial charge on any atom is 0.223 e. The minimum absolute atomic E-state index is 0.0191. The van der Waals surface area contributed by atoms with Crippen LogP contribution in [-0.2, 0) is 20.9 Å². The summed E-state index contributed by atoms with van der Waals surface area (Å²) in [5, 5.41) is 3.08. The van der Waals surface area contributed by atoms with E-state index >= 15 is 0 Å². The first-order chi connectivity index (χ1) is 16.6. The first kappa shape index (κ1) is 26.8. The molecule has 1 aliphatic rings. The van der Waals surface area contributed by atoms with Crippen LogP contribution in [0, 0.1) is 37.5 Å². The lowest BCUT2D eigenvalue weighted by atomic mass is 9.73. The highest BCUT2D eigenvalue weighted by molar-refractivity contribution is 7.13. The molecule has 188 valence electrons. The highest BCUT2D eigenvalue weighted by atomic mass is 32.1. The van der Waals surface area contributed by atoms with Crippen molar-refractivity contribution in [2.75, 3.05) is 0 Å². The maximum atomic E-state index is 13.3. The average Bonchev–Trinajstić information content (AvgIpc) is 3.23. The van der Waals surface area contributed by atoms with Crippen LogP contribution in [0.1, 0.15) is 63.3 Å². The minimum atomic E-state index is -0.705. The zero-order chi connectivity index (χ0) is 25.7. The number of aromatic nitrogens is 1. The van der Waals surface area contributed by atoms with Crippen molar-refractivity contribution in [3.05, 3.63) is 52.3 Å². The predicted molar refractivity (Wildman–Crippen MR) is 141 cm³/mol. The highest BCUT2D eigenvalue weighted by Gasteiger charge is 2.37. The molecule has 0 bridgehead atoms. The van der Waals surface area contributed by atoms with Gasteiger partial charge in [-0.2, -0.15) is 0 Å². The second-order valence-electron chi connectivity index (χ2n) is 10.1. The van der Waals surface area contributed by atoms with Crippen molar-refractivity contribution in [1.82, 2.24) is 10.3 Å². The largest absolute Gasteiger partial charge is 0.402 e. The Hall–Kier alpha value is -2.80. The Morgan fingerprint density at radius 3 is 2.51 bits per heavy atom. The number of amides is 1. The fourth-order valence-corrected chi connectivity index (χ4v) is 5.80. The molecule has 6 nitrogen and oxygen atoms in total. The summed E-state index contributed by atoms with van der Waals surface area (Å²) in [5.41, 5.74) is 12.3. The van der Waals surface area contributed by atoms with Crippen molar-refractivity contribution >= 4 is 28.8 Å². The molecule has 7 heteroatoms. The van der Waals surface area contributed by atoms with Gasteiger partial charge in [-0.1, -0.05) is 38.5 Å². The number of allylic oxidation sites excluding steroid dienone is 2. The number of nitrogens with two attached hydrogens (primary N) is 1. The van der Waals surface area contributed by atoms with E-state index in [0.717, 1.165) is 46.5 Å². The quantitative estimate of drug-likeness (QED) is 0.371. The molecule has 2 unspecified atom stereocenters. The number of aryl methyl sites for hydroxylation is 2. The Labute approximate surface area is 212 Å². The van der Waals surface area contributed by atoms with Crippen LogP contribution in [0.5, 0.6) is 0 Å². The molecule has 3 atom stereocenters. The van der Waals surface area contributed by atoms with E-state index in [2.05, 4.69) is 35.4 Å². The van der Waals surface area contributed by atoms with Gasteiger partial charge in [-0.05, 0) is 62.6 Å². The summed E-state index contributed by atoms with van der Waals surface area (Å²) in [6.07, 6.45) is 4.15. The predicted octanol–water partition coefficient (Wildman–Crippen LogP) is 5.12. The van der Waals surface area contributed by atoms with Gasteiger partial charge in [0.15, 0.2) is 5.78 Å². The van der Waals surface area contributed by atoms with Crippen LogP contribution in [0.4, 0.5) is 0 Å². The van der Waals surface area contributed by atoms with E-state index in [1.54, 1.807) is 18.3 Å². The monoisotopic (exact) mass is 495 g/mol. The lowest BCUT2D eigenvalue weighted by Crippen LogP contribution is -2.39. The van der Waals surface area contributed by atoms with Crippen LogP contribution in [0.3, 0.4) is 0 Å². The van der Waals surface area contributed by atoms with Gasteiger partial charge in [-0.15, -0.1) is 11.3 Å². The molecule has 1 aromatic carbocycles. The lowest BCUT2D eigenvalue weighted by Gasteiger charge is -2.30. The van der Waals surface area contributed by atoms with Gasteiger partial charge in [-0.3, -0.25) is 14.4 Å². The van der Waals surface area contributed by atoms with Gasteiger partial charge in [0.25, 0.3) is 0 Å². The van der Waals surface area contributed by atoms with Crippen molar-refractivity contribution in [3.63, 3.8) is 0 Å². The summed E-state index contributed by atoms with van der Waals surface area (Å²) in [4.78, 5) is 44.4. The number of carbonyl (C=O) groups excluding carboxylic acids is 3. The minimum Gasteiger partial charge on any atom is -0.402 e. The molecule has 3 rings (SSSR count). The van der Waals surface area contributed by atoms with Gasteiger partial charge >= 0.3 is 0 Å². The number of benzene rings is 1. The van der Waals surface area contributed by atoms with Gasteiger partial charge in [0.05, 0.1) is 22.0 Å². The van der Waals surface area contributed by atoms with E-state index in [4.69, 9.17) is 5.73 Å². The SMILES string of the molecule is CC(N)=CC(=O)[C@H](C(=O)C1CCCC(C(=O)NCc2ccc(-c3scnc3C)cc2C)C1)C(C)C.